The second-order valence-corrected chi connectivity index (χ2v) is 3.77. The fourth-order valence-electron chi connectivity index (χ4n) is 1.13. The highest BCUT2D eigenvalue weighted by atomic mass is 16.1. The molecule has 1 nitrogen and oxygen atoms in total. The van der Waals surface area contributed by atoms with Crippen LogP contribution in [0.25, 0.3) is 0 Å². The summed E-state index contributed by atoms with van der Waals surface area (Å²) in [7, 11) is 0. The normalized spacial score (nSPS) is 11.8. The second kappa shape index (κ2) is 6.99. The summed E-state index contributed by atoms with van der Waals surface area (Å²) in [6.45, 7) is 13.3. The predicted octanol–water partition coefficient (Wildman–Crippen LogP) is 3.99. The molecular formula is C14H20O. The quantitative estimate of drug-likeness (QED) is 0.363. The molecule has 0 bridgehead atoms. The lowest BCUT2D eigenvalue weighted by Gasteiger charge is -2.05. The van der Waals surface area contributed by atoms with E-state index in [9.17, 15) is 4.79 Å². The maximum Gasteiger partial charge on any atom is 0.163 e. The largest absolute Gasteiger partial charge is 0.294 e. The number of carbonyl (C=O) groups excluding carboxylic acids is 1. The van der Waals surface area contributed by atoms with E-state index >= 15 is 0 Å². The molecule has 0 unspecified atom stereocenters. The van der Waals surface area contributed by atoms with Crippen LogP contribution in [0.1, 0.15) is 33.6 Å². The monoisotopic (exact) mass is 204 g/mol. The van der Waals surface area contributed by atoms with Gasteiger partial charge in [-0.05, 0) is 32.8 Å². The first-order chi connectivity index (χ1) is 6.99. The van der Waals surface area contributed by atoms with Crippen molar-refractivity contribution in [2.45, 2.75) is 33.6 Å². The maximum atomic E-state index is 11.8. The highest BCUT2D eigenvalue weighted by Crippen LogP contribution is 2.13. The van der Waals surface area contributed by atoms with Crippen LogP contribution in [0.4, 0.5) is 0 Å². The summed E-state index contributed by atoms with van der Waals surface area (Å²) in [5.41, 5.74) is 2.57. The Balaban J connectivity index is 4.57. The van der Waals surface area contributed by atoms with Crippen molar-refractivity contribution in [3.63, 3.8) is 0 Å². The first-order valence-corrected chi connectivity index (χ1v) is 5.15. The fourth-order valence-corrected chi connectivity index (χ4v) is 1.13. The standard InChI is InChI=1S/C14H20O/c1-6-7-8-13(12(4)5)14(15)10-9-11(2)3/h6-8H,2,4,9-10H2,1,3,5H3/b7-6-,13-8+. The number of carbonyl (C=O) groups is 1. The molecule has 0 aromatic rings. The molecule has 0 atom stereocenters. The number of hydrogen-bond acceptors (Lipinski definition) is 1. The number of ketones is 1. The minimum atomic E-state index is 0.142. The van der Waals surface area contributed by atoms with Gasteiger partial charge in [0.2, 0.25) is 0 Å². The lowest BCUT2D eigenvalue weighted by atomic mass is 9.99. The van der Waals surface area contributed by atoms with Crippen LogP contribution in [0.5, 0.6) is 0 Å². The number of rotatable bonds is 6. The Morgan fingerprint density at radius 3 is 2.20 bits per heavy atom. The lowest BCUT2D eigenvalue weighted by Crippen LogP contribution is -2.03. The molecule has 0 rings (SSSR count). The Kier molecular flexibility index (Phi) is 6.35. The van der Waals surface area contributed by atoms with E-state index in [2.05, 4.69) is 13.2 Å². The second-order valence-electron chi connectivity index (χ2n) is 3.77. The van der Waals surface area contributed by atoms with E-state index in [1.165, 1.54) is 0 Å². The first-order valence-electron chi connectivity index (χ1n) is 5.15. The van der Waals surface area contributed by atoms with Crippen LogP contribution in [0.15, 0.2) is 48.1 Å². The maximum absolute atomic E-state index is 11.8. The Labute approximate surface area is 92.9 Å². The van der Waals surface area contributed by atoms with Crippen molar-refractivity contribution in [1.82, 2.24) is 0 Å². The van der Waals surface area contributed by atoms with Gasteiger partial charge in [-0.15, -0.1) is 6.58 Å². The van der Waals surface area contributed by atoms with Crippen molar-refractivity contribution in [3.8, 4) is 0 Å². The Hall–Kier alpha value is -1.37. The molecule has 0 aromatic carbocycles. The molecule has 15 heavy (non-hydrogen) atoms. The zero-order valence-electron chi connectivity index (χ0n) is 9.97. The summed E-state index contributed by atoms with van der Waals surface area (Å²) in [6, 6.07) is 0. The van der Waals surface area contributed by atoms with Crippen LogP contribution in [0.2, 0.25) is 0 Å². The molecule has 0 aliphatic heterocycles. The van der Waals surface area contributed by atoms with E-state index in [1.54, 1.807) is 0 Å². The minimum absolute atomic E-state index is 0.142. The van der Waals surface area contributed by atoms with E-state index in [0.717, 1.165) is 17.6 Å². The minimum Gasteiger partial charge on any atom is -0.294 e. The fraction of sp³-hybridized carbons (Fsp3) is 0.357. The summed E-state index contributed by atoms with van der Waals surface area (Å²) < 4.78 is 0. The summed E-state index contributed by atoms with van der Waals surface area (Å²) >= 11 is 0. The molecule has 0 aromatic heterocycles. The van der Waals surface area contributed by atoms with Gasteiger partial charge in [0.15, 0.2) is 5.78 Å². The molecule has 0 amide bonds. The first kappa shape index (κ1) is 13.6. The molecule has 0 spiro atoms. The van der Waals surface area contributed by atoms with Crippen LogP contribution in [-0.4, -0.2) is 5.78 Å². The van der Waals surface area contributed by atoms with E-state index in [4.69, 9.17) is 0 Å². The third kappa shape index (κ3) is 5.84. The van der Waals surface area contributed by atoms with Gasteiger partial charge in [-0.2, -0.15) is 0 Å². The molecule has 0 fully saturated rings. The molecular weight excluding hydrogens is 184 g/mol. The summed E-state index contributed by atoms with van der Waals surface area (Å²) in [5, 5.41) is 0. The van der Waals surface area contributed by atoms with Gasteiger partial charge in [0.05, 0.1) is 0 Å². The average molecular weight is 204 g/mol. The smallest absolute Gasteiger partial charge is 0.163 e. The third-order valence-corrected chi connectivity index (χ3v) is 1.99. The average Bonchev–Trinajstić information content (AvgIpc) is 2.14. The van der Waals surface area contributed by atoms with Crippen LogP contribution < -0.4 is 0 Å². The Morgan fingerprint density at radius 1 is 1.20 bits per heavy atom. The van der Waals surface area contributed by atoms with Crippen molar-refractivity contribution in [2.75, 3.05) is 0 Å². The van der Waals surface area contributed by atoms with E-state index < -0.39 is 0 Å². The molecule has 0 aliphatic rings. The van der Waals surface area contributed by atoms with Crippen LogP contribution in [-0.2, 0) is 4.79 Å². The molecule has 0 saturated carbocycles. The third-order valence-electron chi connectivity index (χ3n) is 1.99. The van der Waals surface area contributed by atoms with E-state index in [1.807, 2.05) is 39.0 Å². The molecule has 1 heteroatoms. The topological polar surface area (TPSA) is 17.1 Å². The predicted molar refractivity (Wildman–Crippen MR) is 66.8 cm³/mol. The van der Waals surface area contributed by atoms with Crippen LogP contribution in [0, 0.1) is 0 Å². The van der Waals surface area contributed by atoms with Crippen molar-refractivity contribution in [1.29, 1.82) is 0 Å². The van der Waals surface area contributed by atoms with Crippen molar-refractivity contribution in [3.05, 3.63) is 48.1 Å². The summed E-state index contributed by atoms with van der Waals surface area (Å²) in [5.74, 6) is 0.142. The highest BCUT2D eigenvalue weighted by molar-refractivity contribution is 5.99. The van der Waals surface area contributed by atoms with Crippen molar-refractivity contribution >= 4 is 5.78 Å². The number of Topliss-reactive ketones (excluding diaryl/α,β-unsaturated/α-hetero) is 1. The van der Waals surface area contributed by atoms with Crippen LogP contribution >= 0.6 is 0 Å². The Morgan fingerprint density at radius 2 is 1.80 bits per heavy atom. The molecule has 82 valence electrons. The SMILES string of the molecule is C=C(C)CCC(=O)/C(=C/C=C\C)C(=C)C. The van der Waals surface area contributed by atoms with Gasteiger partial charge in [-0.1, -0.05) is 30.4 Å². The van der Waals surface area contributed by atoms with Gasteiger partial charge in [0.25, 0.3) is 0 Å². The van der Waals surface area contributed by atoms with Gasteiger partial charge in [0, 0.05) is 12.0 Å². The lowest BCUT2D eigenvalue weighted by molar-refractivity contribution is -0.115. The summed E-state index contributed by atoms with van der Waals surface area (Å²) in [6.07, 6.45) is 6.85. The number of allylic oxidation sites excluding steroid dienone is 6. The van der Waals surface area contributed by atoms with Gasteiger partial charge < -0.3 is 0 Å². The van der Waals surface area contributed by atoms with Crippen LogP contribution in [0.3, 0.4) is 0 Å². The van der Waals surface area contributed by atoms with Gasteiger partial charge in [-0.3, -0.25) is 4.79 Å². The zero-order chi connectivity index (χ0) is 11.8. The number of hydrogen-bond donors (Lipinski definition) is 0. The van der Waals surface area contributed by atoms with E-state index in [-0.39, 0.29) is 5.78 Å². The molecule has 0 N–H and O–H groups in total. The van der Waals surface area contributed by atoms with Gasteiger partial charge in [-0.25, -0.2) is 0 Å². The van der Waals surface area contributed by atoms with Gasteiger partial charge >= 0.3 is 0 Å². The molecule has 0 aliphatic carbocycles. The van der Waals surface area contributed by atoms with Crippen molar-refractivity contribution in [2.24, 2.45) is 0 Å². The molecule has 0 saturated heterocycles. The Bertz CT molecular complexity index is 316. The van der Waals surface area contributed by atoms with E-state index in [0.29, 0.717) is 12.0 Å². The van der Waals surface area contributed by atoms with Gasteiger partial charge in [0.1, 0.15) is 0 Å². The molecule has 0 radical (unpaired) electrons. The molecule has 0 heterocycles. The highest BCUT2D eigenvalue weighted by Gasteiger charge is 2.08. The van der Waals surface area contributed by atoms with Crippen molar-refractivity contribution < 1.29 is 4.79 Å². The summed E-state index contributed by atoms with van der Waals surface area (Å²) in [4.78, 5) is 11.8. The zero-order valence-corrected chi connectivity index (χ0v) is 9.97.